The fourth-order valence-electron chi connectivity index (χ4n) is 1.86. The summed E-state index contributed by atoms with van der Waals surface area (Å²) in [6.45, 7) is 0.336. The van der Waals surface area contributed by atoms with Gasteiger partial charge in [0, 0.05) is 11.3 Å². The van der Waals surface area contributed by atoms with Crippen molar-refractivity contribution in [2.75, 3.05) is 12.8 Å². The quantitative estimate of drug-likeness (QED) is 0.863. The highest BCUT2D eigenvalue weighted by Gasteiger charge is 2.42. The number of rotatable bonds is 4. The van der Waals surface area contributed by atoms with Gasteiger partial charge in [-0.05, 0) is 31.2 Å². The molecule has 0 radical (unpaired) electrons. The third-order valence-electron chi connectivity index (χ3n) is 3.36. The first-order chi connectivity index (χ1) is 9.29. The van der Waals surface area contributed by atoms with E-state index in [-0.39, 0.29) is 4.75 Å². The van der Waals surface area contributed by atoms with Gasteiger partial charge in [-0.3, -0.25) is 4.79 Å². The number of nitrogens with one attached hydrogen (secondary N) is 1. The molecule has 0 bridgehead atoms. The first-order valence-electron chi connectivity index (χ1n) is 5.98. The molecule has 110 valence electrons. The van der Waals surface area contributed by atoms with Crippen LogP contribution in [0.3, 0.4) is 0 Å². The van der Waals surface area contributed by atoms with E-state index in [0.717, 1.165) is 25.0 Å². The van der Waals surface area contributed by atoms with E-state index in [2.05, 4.69) is 5.32 Å². The van der Waals surface area contributed by atoms with Gasteiger partial charge in [-0.25, -0.2) is 4.39 Å². The van der Waals surface area contributed by atoms with E-state index in [1.807, 2.05) is 6.26 Å². The number of hydrogen-bond donors (Lipinski definition) is 1. The van der Waals surface area contributed by atoms with Crippen molar-refractivity contribution in [3.8, 4) is 0 Å². The highest BCUT2D eigenvalue weighted by molar-refractivity contribution is 8.00. The van der Waals surface area contributed by atoms with Crippen LogP contribution in [-0.2, 0) is 6.18 Å². The van der Waals surface area contributed by atoms with E-state index in [9.17, 15) is 22.4 Å². The number of thioether (sulfide) groups is 1. The maximum atomic E-state index is 13.8. The lowest BCUT2D eigenvalue weighted by Gasteiger charge is -2.14. The van der Waals surface area contributed by atoms with Crippen LogP contribution in [0, 0.1) is 5.82 Å². The zero-order valence-corrected chi connectivity index (χ0v) is 11.5. The summed E-state index contributed by atoms with van der Waals surface area (Å²) < 4.78 is 51.4. The topological polar surface area (TPSA) is 29.1 Å². The maximum absolute atomic E-state index is 13.8. The molecule has 0 heterocycles. The van der Waals surface area contributed by atoms with Crippen LogP contribution >= 0.6 is 11.8 Å². The molecule has 0 atom stereocenters. The van der Waals surface area contributed by atoms with Gasteiger partial charge in [-0.1, -0.05) is 6.07 Å². The molecule has 1 amide bonds. The van der Waals surface area contributed by atoms with Gasteiger partial charge in [0.1, 0.15) is 5.82 Å². The molecule has 7 heteroatoms. The lowest BCUT2D eigenvalue weighted by molar-refractivity contribution is -0.140. The molecule has 0 aromatic heterocycles. The zero-order valence-electron chi connectivity index (χ0n) is 10.7. The number of carbonyl (C=O) groups is 1. The van der Waals surface area contributed by atoms with Crippen molar-refractivity contribution in [1.29, 1.82) is 0 Å². The second-order valence-corrected chi connectivity index (χ2v) is 6.01. The first-order valence-corrected chi connectivity index (χ1v) is 7.21. The normalized spacial score (nSPS) is 16.9. The number of carbonyl (C=O) groups excluding carboxylic acids is 1. The Labute approximate surface area is 117 Å². The lowest BCUT2D eigenvalue weighted by Crippen LogP contribution is -2.32. The van der Waals surface area contributed by atoms with Crippen LogP contribution < -0.4 is 5.32 Å². The van der Waals surface area contributed by atoms with E-state index in [1.54, 1.807) is 11.8 Å². The van der Waals surface area contributed by atoms with Gasteiger partial charge in [0.15, 0.2) is 0 Å². The van der Waals surface area contributed by atoms with Gasteiger partial charge < -0.3 is 5.32 Å². The third kappa shape index (κ3) is 3.08. The van der Waals surface area contributed by atoms with Gasteiger partial charge in [-0.2, -0.15) is 24.9 Å². The van der Waals surface area contributed by atoms with Gasteiger partial charge in [0.05, 0.1) is 11.1 Å². The maximum Gasteiger partial charge on any atom is 0.419 e. The Morgan fingerprint density at radius 2 is 2.05 bits per heavy atom. The fourth-order valence-corrected chi connectivity index (χ4v) is 2.58. The smallest absolute Gasteiger partial charge is 0.351 e. The molecule has 0 spiro atoms. The average Bonchev–Trinajstić information content (AvgIpc) is 3.15. The van der Waals surface area contributed by atoms with Crippen molar-refractivity contribution in [1.82, 2.24) is 5.32 Å². The summed E-state index contributed by atoms with van der Waals surface area (Å²) in [5.74, 6) is -2.33. The van der Waals surface area contributed by atoms with Crippen LogP contribution in [0.5, 0.6) is 0 Å². The van der Waals surface area contributed by atoms with Crippen molar-refractivity contribution in [3.05, 3.63) is 35.1 Å². The van der Waals surface area contributed by atoms with Crippen molar-refractivity contribution >= 4 is 17.7 Å². The molecule has 20 heavy (non-hydrogen) atoms. The predicted molar refractivity (Wildman–Crippen MR) is 69.2 cm³/mol. The van der Waals surface area contributed by atoms with Gasteiger partial charge in [0.2, 0.25) is 0 Å². The molecule has 1 N–H and O–H groups in total. The molecular weight excluding hydrogens is 294 g/mol. The Morgan fingerprint density at radius 1 is 1.40 bits per heavy atom. The molecule has 1 saturated carbocycles. The van der Waals surface area contributed by atoms with Crippen molar-refractivity contribution in [2.24, 2.45) is 0 Å². The van der Waals surface area contributed by atoms with E-state index in [0.29, 0.717) is 12.6 Å². The second kappa shape index (κ2) is 5.27. The Balaban J connectivity index is 2.14. The van der Waals surface area contributed by atoms with Crippen LogP contribution in [0.1, 0.15) is 28.8 Å². The first kappa shape index (κ1) is 15.2. The van der Waals surface area contributed by atoms with Crippen LogP contribution in [0.4, 0.5) is 17.6 Å². The van der Waals surface area contributed by atoms with Crippen LogP contribution in [0.15, 0.2) is 18.2 Å². The standard InChI is InChI=1S/C13H13F4NOS/c1-20-12(5-6-12)7-18-11(19)8-3-2-4-9(10(8)14)13(15,16)17/h2-4H,5-7H2,1H3,(H,18,19). The minimum absolute atomic E-state index is 0.0340. The molecule has 1 aliphatic carbocycles. The van der Waals surface area contributed by atoms with Gasteiger partial charge in [-0.15, -0.1) is 0 Å². The zero-order chi connectivity index (χ0) is 15.0. The summed E-state index contributed by atoms with van der Waals surface area (Å²) in [6.07, 6.45) is -1.01. The number of amides is 1. The Kier molecular flexibility index (Phi) is 4.00. The lowest BCUT2D eigenvalue weighted by atomic mass is 10.1. The van der Waals surface area contributed by atoms with Gasteiger partial charge >= 0.3 is 6.18 Å². The van der Waals surface area contributed by atoms with E-state index >= 15 is 0 Å². The minimum Gasteiger partial charge on any atom is -0.351 e. The van der Waals surface area contributed by atoms with Crippen molar-refractivity contribution < 1.29 is 22.4 Å². The average molecular weight is 307 g/mol. The summed E-state index contributed by atoms with van der Waals surface area (Å²) in [6, 6.07) is 2.71. The molecule has 1 aromatic carbocycles. The summed E-state index contributed by atoms with van der Waals surface area (Å²) >= 11 is 1.60. The van der Waals surface area contributed by atoms with Crippen molar-refractivity contribution in [2.45, 2.75) is 23.8 Å². The summed E-state index contributed by atoms with van der Waals surface area (Å²) in [5, 5.41) is 2.51. The van der Waals surface area contributed by atoms with Crippen LogP contribution in [0.25, 0.3) is 0 Å². The number of benzene rings is 1. The van der Waals surface area contributed by atoms with Crippen molar-refractivity contribution in [3.63, 3.8) is 0 Å². The largest absolute Gasteiger partial charge is 0.419 e. The Bertz CT molecular complexity index is 526. The molecule has 1 fully saturated rings. The molecule has 1 aliphatic rings. The SMILES string of the molecule is CSC1(CNC(=O)c2cccc(C(F)(F)F)c2F)CC1. The van der Waals surface area contributed by atoms with Crippen LogP contribution in [0.2, 0.25) is 0 Å². The second-order valence-electron chi connectivity index (χ2n) is 4.73. The molecule has 2 rings (SSSR count). The summed E-state index contributed by atoms with van der Waals surface area (Å²) in [4.78, 5) is 11.8. The molecule has 1 aromatic rings. The molecule has 0 aliphatic heterocycles. The number of hydrogen-bond acceptors (Lipinski definition) is 2. The molecule has 0 unspecified atom stereocenters. The highest BCUT2D eigenvalue weighted by atomic mass is 32.2. The monoisotopic (exact) mass is 307 g/mol. The Morgan fingerprint density at radius 3 is 2.55 bits per heavy atom. The number of halogens is 4. The highest BCUT2D eigenvalue weighted by Crippen LogP contribution is 2.46. The third-order valence-corrected chi connectivity index (χ3v) is 4.78. The summed E-state index contributed by atoms with van der Waals surface area (Å²) in [5.41, 5.74) is -1.99. The van der Waals surface area contributed by atoms with Gasteiger partial charge in [0.25, 0.3) is 5.91 Å². The van der Waals surface area contributed by atoms with E-state index in [1.165, 1.54) is 0 Å². The predicted octanol–water partition coefficient (Wildman–Crippen LogP) is 3.47. The van der Waals surface area contributed by atoms with E-state index < -0.39 is 29.0 Å². The number of alkyl halides is 3. The fraction of sp³-hybridized carbons (Fsp3) is 0.462. The Hall–Kier alpha value is -1.24. The molecule has 0 saturated heterocycles. The van der Waals surface area contributed by atoms with Crippen LogP contribution in [-0.4, -0.2) is 23.5 Å². The van der Waals surface area contributed by atoms with E-state index in [4.69, 9.17) is 0 Å². The molecule has 2 nitrogen and oxygen atoms in total. The summed E-state index contributed by atoms with van der Waals surface area (Å²) in [7, 11) is 0. The molecular formula is C13H13F4NOS. The minimum atomic E-state index is -4.81.